The maximum Gasteiger partial charge on any atom is 0.128 e. The van der Waals surface area contributed by atoms with Gasteiger partial charge < -0.3 is 14.3 Å². The first kappa shape index (κ1) is 14.7. The molecule has 1 rings (SSSR count). The smallest absolute Gasteiger partial charge is 0.128 e. The average molecular weight is 250 g/mol. The van der Waals surface area contributed by atoms with Crippen molar-refractivity contribution in [1.82, 2.24) is 0 Å². The molecule has 0 N–H and O–H groups in total. The van der Waals surface area contributed by atoms with Gasteiger partial charge in [0.1, 0.15) is 12.0 Å². The number of hydrogen-bond donors (Lipinski definition) is 0. The quantitative estimate of drug-likeness (QED) is 0.664. The summed E-state index contributed by atoms with van der Waals surface area (Å²) in [7, 11) is 1.65. The van der Waals surface area contributed by atoms with Crippen LogP contribution in [0.5, 0.6) is 5.75 Å². The van der Waals surface area contributed by atoms with Crippen molar-refractivity contribution in [3.05, 3.63) is 29.8 Å². The highest BCUT2D eigenvalue weighted by atomic mass is 16.5. The molecular weight excluding hydrogens is 228 g/mol. The fourth-order valence-corrected chi connectivity index (χ4v) is 1.75. The zero-order chi connectivity index (χ0) is 13.4. The van der Waals surface area contributed by atoms with Gasteiger partial charge in [0.2, 0.25) is 0 Å². The van der Waals surface area contributed by atoms with Gasteiger partial charge in [-0.15, -0.1) is 0 Å². The van der Waals surface area contributed by atoms with Gasteiger partial charge in [-0.2, -0.15) is 0 Å². The summed E-state index contributed by atoms with van der Waals surface area (Å²) in [5.41, 5.74) is 0.759. The molecule has 0 spiro atoms. The Kier molecular flexibility index (Phi) is 5.86. The van der Waals surface area contributed by atoms with Gasteiger partial charge in [0.15, 0.2) is 0 Å². The van der Waals surface area contributed by atoms with Crippen molar-refractivity contribution in [3.63, 3.8) is 0 Å². The minimum atomic E-state index is -0.327. The SMILES string of the molecule is CCC(C=O)(CC)COCc1ccc(OC)cc1. The highest BCUT2D eigenvalue weighted by Gasteiger charge is 2.25. The van der Waals surface area contributed by atoms with Crippen molar-refractivity contribution in [2.24, 2.45) is 5.41 Å². The first-order chi connectivity index (χ1) is 8.69. The van der Waals surface area contributed by atoms with Crippen molar-refractivity contribution in [1.29, 1.82) is 0 Å². The van der Waals surface area contributed by atoms with E-state index in [-0.39, 0.29) is 5.41 Å². The third-order valence-corrected chi connectivity index (χ3v) is 3.48. The summed E-state index contributed by atoms with van der Waals surface area (Å²) in [5.74, 6) is 0.836. The lowest BCUT2D eigenvalue weighted by atomic mass is 9.85. The molecule has 100 valence electrons. The predicted octanol–water partition coefficient (Wildman–Crippen LogP) is 3.22. The van der Waals surface area contributed by atoms with Crippen LogP contribution in [-0.4, -0.2) is 20.0 Å². The molecule has 0 saturated heterocycles. The summed E-state index contributed by atoms with van der Waals surface area (Å²) < 4.78 is 10.8. The van der Waals surface area contributed by atoms with Crippen LogP contribution in [-0.2, 0) is 16.1 Å². The van der Waals surface area contributed by atoms with Crippen LogP contribution in [0.2, 0.25) is 0 Å². The van der Waals surface area contributed by atoms with Gasteiger partial charge in [0.05, 0.1) is 20.3 Å². The van der Waals surface area contributed by atoms with Crippen molar-refractivity contribution in [2.75, 3.05) is 13.7 Å². The number of rotatable bonds is 8. The minimum Gasteiger partial charge on any atom is -0.497 e. The van der Waals surface area contributed by atoms with E-state index in [4.69, 9.17) is 9.47 Å². The van der Waals surface area contributed by atoms with Crippen molar-refractivity contribution < 1.29 is 14.3 Å². The largest absolute Gasteiger partial charge is 0.497 e. The van der Waals surface area contributed by atoms with Crippen LogP contribution >= 0.6 is 0 Å². The molecule has 0 aliphatic carbocycles. The van der Waals surface area contributed by atoms with Crippen molar-refractivity contribution >= 4 is 6.29 Å². The van der Waals surface area contributed by atoms with E-state index < -0.39 is 0 Å². The molecule has 0 bridgehead atoms. The lowest BCUT2D eigenvalue weighted by Crippen LogP contribution is -2.27. The molecule has 1 aromatic rings. The highest BCUT2D eigenvalue weighted by molar-refractivity contribution is 5.59. The molecule has 0 aliphatic rings. The number of aldehydes is 1. The van der Waals surface area contributed by atoms with E-state index in [0.717, 1.165) is 30.4 Å². The first-order valence-corrected chi connectivity index (χ1v) is 6.36. The molecule has 1 aromatic carbocycles. The van der Waals surface area contributed by atoms with Gasteiger partial charge >= 0.3 is 0 Å². The Morgan fingerprint density at radius 2 is 1.78 bits per heavy atom. The molecule has 3 heteroatoms. The molecule has 0 aromatic heterocycles. The van der Waals surface area contributed by atoms with Crippen LogP contribution in [0.25, 0.3) is 0 Å². The van der Waals surface area contributed by atoms with Crippen molar-refractivity contribution in [3.8, 4) is 5.75 Å². The number of methoxy groups -OCH3 is 1. The highest BCUT2D eigenvalue weighted by Crippen LogP contribution is 2.24. The van der Waals surface area contributed by atoms with Crippen LogP contribution in [0.3, 0.4) is 0 Å². The molecule has 3 nitrogen and oxygen atoms in total. The van der Waals surface area contributed by atoms with Gasteiger partial charge in [-0.3, -0.25) is 0 Å². The fourth-order valence-electron chi connectivity index (χ4n) is 1.75. The normalized spacial score (nSPS) is 11.3. The van der Waals surface area contributed by atoms with Crippen LogP contribution in [0.1, 0.15) is 32.3 Å². The molecule has 0 radical (unpaired) electrons. The van der Waals surface area contributed by atoms with E-state index in [9.17, 15) is 4.79 Å². The van der Waals surface area contributed by atoms with Crippen molar-refractivity contribution in [2.45, 2.75) is 33.3 Å². The number of carbonyl (C=O) groups is 1. The maximum atomic E-state index is 11.1. The summed E-state index contributed by atoms with van der Waals surface area (Å²) >= 11 is 0. The van der Waals surface area contributed by atoms with Gasteiger partial charge in [0, 0.05) is 5.41 Å². The Bertz CT molecular complexity index is 353. The maximum absolute atomic E-state index is 11.1. The first-order valence-electron chi connectivity index (χ1n) is 6.36. The second-order valence-corrected chi connectivity index (χ2v) is 4.53. The number of ether oxygens (including phenoxy) is 2. The molecule has 0 saturated carbocycles. The second-order valence-electron chi connectivity index (χ2n) is 4.53. The van der Waals surface area contributed by atoms with E-state index >= 15 is 0 Å². The molecule has 0 atom stereocenters. The Morgan fingerprint density at radius 1 is 1.17 bits per heavy atom. The number of carbonyl (C=O) groups excluding carboxylic acids is 1. The lowest BCUT2D eigenvalue weighted by molar-refractivity contribution is -0.120. The summed E-state index contributed by atoms with van der Waals surface area (Å²) in [4.78, 5) is 11.1. The molecule has 0 aliphatic heterocycles. The Morgan fingerprint density at radius 3 is 2.22 bits per heavy atom. The molecule has 0 heterocycles. The summed E-state index contributed by atoms with van der Waals surface area (Å²) in [6.07, 6.45) is 2.66. The molecular formula is C15H22O3. The van der Waals surface area contributed by atoms with Gasteiger partial charge in [-0.05, 0) is 30.5 Å². The van der Waals surface area contributed by atoms with Crippen LogP contribution in [0.15, 0.2) is 24.3 Å². The lowest BCUT2D eigenvalue weighted by Gasteiger charge is -2.24. The summed E-state index contributed by atoms with van der Waals surface area (Å²) in [6.45, 7) is 5.05. The molecule has 0 fully saturated rings. The Labute approximate surface area is 109 Å². The predicted molar refractivity (Wildman–Crippen MR) is 71.7 cm³/mol. The van der Waals surface area contributed by atoms with Crippen LogP contribution in [0.4, 0.5) is 0 Å². The number of benzene rings is 1. The Hall–Kier alpha value is -1.35. The van der Waals surface area contributed by atoms with E-state index in [0.29, 0.717) is 13.2 Å². The Balaban J connectivity index is 2.47. The summed E-state index contributed by atoms with van der Waals surface area (Å²) in [6, 6.07) is 7.76. The third-order valence-electron chi connectivity index (χ3n) is 3.48. The molecule has 0 unspecified atom stereocenters. The average Bonchev–Trinajstić information content (AvgIpc) is 2.45. The zero-order valence-corrected chi connectivity index (χ0v) is 11.4. The zero-order valence-electron chi connectivity index (χ0n) is 11.4. The standard InChI is InChI=1S/C15H22O3/c1-4-15(5-2,11-16)12-18-10-13-6-8-14(17-3)9-7-13/h6-9,11H,4-5,10,12H2,1-3H3. The van der Waals surface area contributed by atoms with E-state index in [1.165, 1.54) is 0 Å². The summed E-state index contributed by atoms with van der Waals surface area (Å²) in [5, 5.41) is 0. The molecule has 18 heavy (non-hydrogen) atoms. The van der Waals surface area contributed by atoms with Crippen LogP contribution < -0.4 is 4.74 Å². The third kappa shape index (κ3) is 3.84. The second kappa shape index (κ2) is 7.17. The monoisotopic (exact) mass is 250 g/mol. The fraction of sp³-hybridized carbons (Fsp3) is 0.533. The van der Waals surface area contributed by atoms with Gasteiger partial charge in [-0.25, -0.2) is 0 Å². The van der Waals surface area contributed by atoms with E-state index in [1.807, 2.05) is 38.1 Å². The van der Waals surface area contributed by atoms with Gasteiger partial charge in [0.25, 0.3) is 0 Å². The topological polar surface area (TPSA) is 35.5 Å². The van der Waals surface area contributed by atoms with Crippen LogP contribution in [0, 0.1) is 5.41 Å². The van der Waals surface area contributed by atoms with Gasteiger partial charge in [-0.1, -0.05) is 26.0 Å². The van der Waals surface area contributed by atoms with E-state index in [1.54, 1.807) is 7.11 Å². The number of hydrogen-bond acceptors (Lipinski definition) is 3. The molecule has 0 amide bonds. The van der Waals surface area contributed by atoms with E-state index in [2.05, 4.69) is 0 Å². The minimum absolute atomic E-state index is 0.327.